The van der Waals surface area contributed by atoms with E-state index in [0.717, 1.165) is 5.92 Å². The first-order chi connectivity index (χ1) is 11.6. The van der Waals surface area contributed by atoms with Crippen molar-refractivity contribution in [3.8, 4) is 0 Å². The maximum Gasteiger partial charge on any atom is 0.248 e. The van der Waals surface area contributed by atoms with Crippen LogP contribution in [0.2, 0.25) is 0 Å². The van der Waals surface area contributed by atoms with Crippen molar-refractivity contribution in [1.29, 1.82) is 0 Å². The van der Waals surface area contributed by atoms with Crippen LogP contribution in [0.25, 0.3) is 0 Å². The van der Waals surface area contributed by atoms with E-state index in [4.69, 9.17) is 5.73 Å². The molecular formula is C21H32N2O. The molecule has 2 atom stereocenters. The minimum Gasteiger partial charge on any atom is -0.366 e. The highest BCUT2D eigenvalue weighted by Gasteiger charge is 2.43. The molecule has 1 heterocycles. The van der Waals surface area contributed by atoms with Gasteiger partial charge >= 0.3 is 0 Å². The van der Waals surface area contributed by atoms with Crippen LogP contribution in [0.3, 0.4) is 0 Å². The van der Waals surface area contributed by atoms with Gasteiger partial charge in [0.1, 0.15) is 0 Å². The first-order valence-corrected chi connectivity index (χ1v) is 9.72. The van der Waals surface area contributed by atoms with Gasteiger partial charge in [-0.3, -0.25) is 4.79 Å². The van der Waals surface area contributed by atoms with E-state index in [9.17, 15) is 4.79 Å². The van der Waals surface area contributed by atoms with Crippen LogP contribution in [0.4, 0.5) is 0 Å². The normalized spacial score (nSPS) is 27.4. The van der Waals surface area contributed by atoms with E-state index in [1.807, 2.05) is 12.1 Å². The van der Waals surface area contributed by atoms with Gasteiger partial charge in [-0.15, -0.1) is 0 Å². The lowest BCUT2D eigenvalue weighted by molar-refractivity contribution is 0.0391. The number of hydrogen-bond acceptors (Lipinski definition) is 2. The number of hydrogen-bond donors (Lipinski definition) is 1. The molecule has 1 aromatic rings. The van der Waals surface area contributed by atoms with Gasteiger partial charge in [-0.25, -0.2) is 0 Å². The summed E-state index contributed by atoms with van der Waals surface area (Å²) in [6, 6.07) is 8.83. The molecule has 3 nitrogen and oxygen atoms in total. The van der Waals surface area contributed by atoms with Crippen LogP contribution >= 0.6 is 0 Å². The summed E-state index contributed by atoms with van der Waals surface area (Å²) in [5, 5.41) is 0. The van der Waals surface area contributed by atoms with Crippen LogP contribution < -0.4 is 5.73 Å². The number of amides is 1. The van der Waals surface area contributed by atoms with Crippen molar-refractivity contribution in [2.24, 2.45) is 11.7 Å². The molecule has 3 heteroatoms. The van der Waals surface area contributed by atoms with E-state index in [1.54, 1.807) is 0 Å². The van der Waals surface area contributed by atoms with Crippen LogP contribution in [0, 0.1) is 5.92 Å². The number of likely N-dealkylation sites (tertiary alicyclic amines) is 1. The number of primary amides is 1. The number of nitrogens with two attached hydrogens (primary N) is 1. The summed E-state index contributed by atoms with van der Waals surface area (Å²) in [7, 11) is 0. The molecular weight excluding hydrogens is 296 g/mol. The Hall–Kier alpha value is -1.35. The van der Waals surface area contributed by atoms with Crippen molar-refractivity contribution < 1.29 is 4.79 Å². The van der Waals surface area contributed by atoms with E-state index in [0.29, 0.717) is 11.6 Å². The topological polar surface area (TPSA) is 46.3 Å². The van der Waals surface area contributed by atoms with Crippen LogP contribution in [0.5, 0.6) is 0 Å². The summed E-state index contributed by atoms with van der Waals surface area (Å²) in [5.41, 5.74) is 7.76. The largest absolute Gasteiger partial charge is 0.366 e. The standard InChI is InChI=1S/C21H32N2O/c1-3-16(4-2)15-23-12-11-21(10-6-9-19(23)14-21)18-8-5-7-17(13-18)20(22)24/h5,7-8,13,16,19H,3-4,6,9-12,14-15H2,1-2H3,(H2,22,24). The molecule has 132 valence electrons. The van der Waals surface area contributed by atoms with Crippen LogP contribution in [-0.4, -0.2) is 29.9 Å². The number of nitrogens with zero attached hydrogens (tertiary/aromatic N) is 1. The molecule has 1 aliphatic carbocycles. The summed E-state index contributed by atoms with van der Waals surface area (Å²) >= 11 is 0. The zero-order chi connectivity index (χ0) is 17.2. The van der Waals surface area contributed by atoms with E-state index in [1.165, 1.54) is 63.6 Å². The van der Waals surface area contributed by atoms with Gasteiger partial charge in [0.2, 0.25) is 5.91 Å². The average Bonchev–Trinajstić information content (AvgIpc) is 2.62. The quantitative estimate of drug-likeness (QED) is 0.854. The lowest BCUT2D eigenvalue weighted by Gasteiger charge is -2.51. The first kappa shape index (κ1) is 17.5. The Bertz CT molecular complexity index is 581. The molecule has 0 spiro atoms. The van der Waals surface area contributed by atoms with E-state index < -0.39 is 0 Å². The Labute approximate surface area is 146 Å². The summed E-state index contributed by atoms with van der Waals surface area (Å²) in [5.74, 6) is 0.518. The van der Waals surface area contributed by atoms with Gasteiger partial charge in [0.25, 0.3) is 0 Å². The van der Waals surface area contributed by atoms with E-state index in [-0.39, 0.29) is 11.3 Å². The summed E-state index contributed by atoms with van der Waals surface area (Å²) in [6.45, 7) is 7.09. The van der Waals surface area contributed by atoms with Gasteiger partial charge in [-0.1, -0.05) is 45.2 Å². The molecule has 1 saturated carbocycles. The van der Waals surface area contributed by atoms with Gasteiger partial charge in [0.05, 0.1) is 0 Å². The molecule has 1 aromatic carbocycles. The Balaban J connectivity index is 1.79. The van der Waals surface area contributed by atoms with Crippen molar-refractivity contribution in [3.63, 3.8) is 0 Å². The number of carbonyl (C=O) groups is 1. The van der Waals surface area contributed by atoms with Crippen LogP contribution in [-0.2, 0) is 5.41 Å². The van der Waals surface area contributed by atoms with Crippen molar-refractivity contribution in [3.05, 3.63) is 35.4 Å². The Morgan fingerprint density at radius 3 is 2.83 bits per heavy atom. The minimum atomic E-state index is -0.313. The second-order valence-electron chi connectivity index (χ2n) is 7.90. The summed E-state index contributed by atoms with van der Waals surface area (Å²) < 4.78 is 0. The maximum atomic E-state index is 11.6. The highest BCUT2D eigenvalue weighted by atomic mass is 16.1. The van der Waals surface area contributed by atoms with Crippen molar-refractivity contribution >= 4 is 5.91 Å². The fraction of sp³-hybridized carbons (Fsp3) is 0.667. The highest BCUT2D eigenvalue weighted by Crippen LogP contribution is 2.47. The summed E-state index contributed by atoms with van der Waals surface area (Å²) in [4.78, 5) is 14.3. The number of piperidine rings is 1. The third-order valence-corrected chi connectivity index (χ3v) is 6.62. The second-order valence-corrected chi connectivity index (χ2v) is 7.90. The molecule has 0 radical (unpaired) electrons. The predicted molar refractivity (Wildman–Crippen MR) is 99.2 cm³/mol. The Kier molecular flexibility index (Phi) is 5.29. The van der Waals surface area contributed by atoms with Gasteiger partial charge in [0.15, 0.2) is 0 Å². The maximum absolute atomic E-state index is 11.6. The SMILES string of the molecule is CCC(CC)CN1CCC2(c3cccc(C(N)=O)c3)CCCC1C2. The third kappa shape index (κ3) is 3.37. The Morgan fingerprint density at radius 2 is 2.12 bits per heavy atom. The molecule has 2 N–H and O–H groups in total. The molecule has 24 heavy (non-hydrogen) atoms. The minimum absolute atomic E-state index is 0.263. The molecule has 1 amide bonds. The van der Waals surface area contributed by atoms with E-state index in [2.05, 4.69) is 30.9 Å². The molecule has 2 fully saturated rings. The molecule has 3 rings (SSSR count). The molecule has 2 bridgehead atoms. The van der Waals surface area contributed by atoms with Gasteiger partial charge in [-0.2, -0.15) is 0 Å². The summed E-state index contributed by atoms with van der Waals surface area (Å²) in [6.07, 6.45) is 8.91. The second kappa shape index (κ2) is 7.26. The van der Waals surface area contributed by atoms with E-state index >= 15 is 0 Å². The smallest absolute Gasteiger partial charge is 0.248 e. The van der Waals surface area contributed by atoms with Crippen LogP contribution in [0.1, 0.15) is 74.7 Å². The zero-order valence-corrected chi connectivity index (χ0v) is 15.3. The molecule has 0 aromatic heterocycles. The zero-order valence-electron chi connectivity index (χ0n) is 15.3. The average molecular weight is 329 g/mol. The lowest BCUT2D eigenvalue weighted by Crippen LogP contribution is -2.52. The molecule has 2 aliphatic rings. The van der Waals surface area contributed by atoms with Crippen molar-refractivity contribution in [1.82, 2.24) is 4.90 Å². The Morgan fingerprint density at radius 1 is 1.33 bits per heavy atom. The molecule has 1 aliphatic heterocycles. The third-order valence-electron chi connectivity index (χ3n) is 6.62. The number of rotatable bonds is 6. The van der Waals surface area contributed by atoms with Gasteiger partial charge in [-0.05, 0) is 61.3 Å². The first-order valence-electron chi connectivity index (χ1n) is 9.72. The monoisotopic (exact) mass is 328 g/mol. The molecule has 2 unspecified atom stereocenters. The van der Waals surface area contributed by atoms with Gasteiger partial charge in [0, 0.05) is 18.2 Å². The highest BCUT2D eigenvalue weighted by molar-refractivity contribution is 5.92. The van der Waals surface area contributed by atoms with Crippen molar-refractivity contribution in [2.45, 2.75) is 70.3 Å². The lowest BCUT2D eigenvalue weighted by atomic mass is 9.63. The fourth-order valence-corrected chi connectivity index (χ4v) is 4.94. The number of benzene rings is 1. The predicted octanol–water partition coefficient (Wildman–Crippen LogP) is 4.11. The fourth-order valence-electron chi connectivity index (χ4n) is 4.94. The molecule has 1 saturated heterocycles. The van der Waals surface area contributed by atoms with Gasteiger partial charge < -0.3 is 10.6 Å². The van der Waals surface area contributed by atoms with Crippen molar-refractivity contribution in [2.75, 3.05) is 13.1 Å². The number of fused-ring (bicyclic) bond motifs is 2. The number of carbonyl (C=O) groups excluding carboxylic acids is 1. The van der Waals surface area contributed by atoms with Crippen LogP contribution in [0.15, 0.2) is 24.3 Å².